The van der Waals surface area contributed by atoms with E-state index in [2.05, 4.69) is 40.8 Å². The number of nitrogens with zero attached hydrogens (tertiary/aromatic N) is 3. The number of carbonyl (C=O) groups is 1. The molecule has 134 valence electrons. The van der Waals surface area contributed by atoms with Crippen molar-refractivity contribution >= 4 is 33.2 Å². The maximum atomic E-state index is 13.3. The molecule has 0 unspecified atom stereocenters. The highest BCUT2D eigenvalue weighted by molar-refractivity contribution is 9.10. The van der Waals surface area contributed by atoms with Gasteiger partial charge in [0.05, 0.1) is 16.6 Å². The number of H-pyrrole nitrogens is 1. The van der Waals surface area contributed by atoms with Gasteiger partial charge in [-0.3, -0.25) is 15.5 Å². The van der Waals surface area contributed by atoms with E-state index in [1.54, 1.807) is 18.5 Å². The lowest BCUT2D eigenvalue weighted by molar-refractivity contribution is -0.117. The first-order chi connectivity index (χ1) is 12.6. The minimum Gasteiger partial charge on any atom is -0.367 e. The van der Waals surface area contributed by atoms with Gasteiger partial charge in [0.2, 0.25) is 0 Å². The SMILES string of the molecule is O=C(Cc1cc[nH]c1)Cc1nonc1C(=Nc1ccc(F)c(Br)c1)NO. The van der Waals surface area contributed by atoms with Crippen LogP contribution < -0.4 is 5.48 Å². The molecule has 8 nitrogen and oxygen atoms in total. The van der Waals surface area contributed by atoms with Crippen molar-refractivity contribution in [1.29, 1.82) is 0 Å². The summed E-state index contributed by atoms with van der Waals surface area (Å²) >= 11 is 3.06. The topological polar surface area (TPSA) is 116 Å². The summed E-state index contributed by atoms with van der Waals surface area (Å²) in [5.41, 5.74) is 3.43. The van der Waals surface area contributed by atoms with Crippen LogP contribution in [0.5, 0.6) is 0 Å². The number of hydrogen-bond donors (Lipinski definition) is 3. The summed E-state index contributed by atoms with van der Waals surface area (Å²) in [6.45, 7) is 0. The minimum atomic E-state index is -0.443. The highest BCUT2D eigenvalue weighted by atomic mass is 79.9. The van der Waals surface area contributed by atoms with E-state index in [0.29, 0.717) is 5.69 Å². The summed E-state index contributed by atoms with van der Waals surface area (Å²) in [4.78, 5) is 19.2. The van der Waals surface area contributed by atoms with Gasteiger partial charge in [-0.1, -0.05) is 5.16 Å². The van der Waals surface area contributed by atoms with Crippen LogP contribution in [0, 0.1) is 5.82 Å². The van der Waals surface area contributed by atoms with Crippen molar-refractivity contribution < 1.29 is 19.0 Å². The number of carbonyl (C=O) groups excluding carboxylic acids is 1. The van der Waals surface area contributed by atoms with Crippen molar-refractivity contribution in [3.8, 4) is 0 Å². The number of rotatable bonds is 6. The number of amidine groups is 1. The molecule has 2 aromatic heterocycles. The quantitative estimate of drug-likeness (QED) is 0.320. The first-order valence-corrected chi connectivity index (χ1v) is 8.25. The fourth-order valence-corrected chi connectivity index (χ4v) is 2.63. The van der Waals surface area contributed by atoms with Crippen molar-refractivity contribution in [2.45, 2.75) is 12.8 Å². The van der Waals surface area contributed by atoms with Crippen LogP contribution in [-0.2, 0) is 17.6 Å². The Kier molecular flexibility index (Phi) is 5.54. The Labute approximate surface area is 155 Å². The summed E-state index contributed by atoms with van der Waals surface area (Å²) in [5, 5.41) is 16.8. The standard InChI is InChI=1S/C16H13BrFN5O3/c17-12-6-10(1-2-13(12)18)20-16(21-25)15-14(22-26-23-15)7-11(24)5-9-3-4-19-8-9/h1-4,6,8,19,25H,5,7H2,(H,20,21). The Morgan fingerprint density at radius 2 is 2.19 bits per heavy atom. The van der Waals surface area contributed by atoms with Crippen LogP contribution in [0.25, 0.3) is 0 Å². The van der Waals surface area contributed by atoms with Crippen LogP contribution in [0.15, 0.2) is 50.8 Å². The largest absolute Gasteiger partial charge is 0.367 e. The van der Waals surface area contributed by atoms with E-state index in [1.807, 2.05) is 5.48 Å². The maximum Gasteiger partial charge on any atom is 0.182 e. The number of benzene rings is 1. The Morgan fingerprint density at radius 3 is 2.88 bits per heavy atom. The van der Waals surface area contributed by atoms with Gasteiger partial charge in [-0.05, 0) is 50.9 Å². The predicted molar refractivity (Wildman–Crippen MR) is 92.7 cm³/mol. The molecule has 26 heavy (non-hydrogen) atoms. The highest BCUT2D eigenvalue weighted by Crippen LogP contribution is 2.23. The van der Waals surface area contributed by atoms with E-state index in [9.17, 15) is 14.4 Å². The van der Waals surface area contributed by atoms with Gasteiger partial charge >= 0.3 is 0 Å². The van der Waals surface area contributed by atoms with E-state index in [1.165, 1.54) is 18.2 Å². The molecule has 0 radical (unpaired) electrons. The number of Topliss-reactive ketones (excluding diaryl/α,β-unsaturated/α-hetero) is 1. The third-order valence-electron chi connectivity index (χ3n) is 3.46. The third kappa shape index (κ3) is 4.21. The molecule has 0 saturated carbocycles. The maximum absolute atomic E-state index is 13.3. The number of aliphatic imine (C=N–C) groups is 1. The minimum absolute atomic E-state index is 0.0438. The van der Waals surface area contributed by atoms with Gasteiger partial charge in [0, 0.05) is 18.8 Å². The fraction of sp³-hybridized carbons (Fsp3) is 0.125. The first kappa shape index (κ1) is 18.0. The molecule has 0 bridgehead atoms. The Morgan fingerprint density at radius 1 is 1.35 bits per heavy atom. The predicted octanol–water partition coefficient (Wildman–Crippen LogP) is 2.71. The summed E-state index contributed by atoms with van der Waals surface area (Å²) in [7, 11) is 0. The second-order valence-corrected chi connectivity index (χ2v) is 6.20. The molecule has 0 saturated heterocycles. The van der Waals surface area contributed by atoms with Gasteiger partial charge in [0.25, 0.3) is 0 Å². The average Bonchev–Trinajstić information content (AvgIpc) is 3.28. The Bertz CT molecular complexity index is 939. The smallest absolute Gasteiger partial charge is 0.182 e. The molecule has 0 fully saturated rings. The molecule has 1 aromatic carbocycles. The van der Waals surface area contributed by atoms with Crippen LogP contribution in [-0.4, -0.2) is 32.1 Å². The Balaban J connectivity index is 1.81. The average molecular weight is 422 g/mol. The van der Waals surface area contributed by atoms with E-state index >= 15 is 0 Å². The number of aromatic nitrogens is 3. The van der Waals surface area contributed by atoms with Gasteiger partial charge in [-0.25, -0.2) is 14.0 Å². The van der Waals surface area contributed by atoms with Gasteiger partial charge in [0.15, 0.2) is 11.5 Å². The molecule has 0 amide bonds. The van der Waals surface area contributed by atoms with E-state index in [-0.39, 0.29) is 40.3 Å². The molecular weight excluding hydrogens is 409 g/mol. The summed E-state index contributed by atoms with van der Waals surface area (Å²) in [5.74, 6) is -0.626. The second-order valence-electron chi connectivity index (χ2n) is 5.34. The Hall–Kier alpha value is -2.85. The zero-order chi connectivity index (χ0) is 18.5. The molecule has 0 aliphatic carbocycles. The summed E-state index contributed by atoms with van der Waals surface area (Å²) in [6.07, 6.45) is 3.64. The number of nitrogens with one attached hydrogen (secondary N) is 2. The molecule has 0 aliphatic heterocycles. The molecule has 0 aliphatic rings. The zero-order valence-electron chi connectivity index (χ0n) is 13.2. The van der Waals surface area contributed by atoms with E-state index in [4.69, 9.17) is 0 Å². The van der Waals surface area contributed by atoms with Gasteiger partial charge in [-0.15, -0.1) is 0 Å². The molecule has 3 aromatic rings. The lowest BCUT2D eigenvalue weighted by Gasteiger charge is -2.04. The molecule has 3 N–H and O–H groups in total. The van der Waals surface area contributed by atoms with Crippen LogP contribution >= 0.6 is 15.9 Å². The van der Waals surface area contributed by atoms with Crippen molar-refractivity contribution in [3.63, 3.8) is 0 Å². The number of hydroxylamine groups is 1. The monoisotopic (exact) mass is 421 g/mol. The van der Waals surface area contributed by atoms with Gasteiger partial charge in [0.1, 0.15) is 17.3 Å². The summed E-state index contributed by atoms with van der Waals surface area (Å²) < 4.78 is 18.2. The van der Waals surface area contributed by atoms with Crippen molar-refractivity contribution in [1.82, 2.24) is 20.8 Å². The zero-order valence-corrected chi connectivity index (χ0v) is 14.8. The fourth-order valence-electron chi connectivity index (χ4n) is 2.26. The first-order valence-electron chi connectivity index (χ1n) is 7.46. The van der Waals surface area contributed by atoms with Crippen LogP contribution in [0.3, 0.4) is 0 Å². The molecular formula is C16H13BrFN5O3. The lowest BCUT2D eigenvalue weighted by atomic mass is 10.1. The molecule has 0 atom stereocenters. The number of aromatic amines is 1. The molecule has 10 heteroatoms. The van der Waals surface area contributed by atoms with Crippen molar-refractivity contribution in [3.05, 3.63) is 63.9 Å². The third-order valence-corrected chi connectivity index (χ3v) is 4.07. The van der Waals surface area contributed by atoms with Gasteiger partial charge in [-0.2, -0.15) is 0 Å². The van der Waals surface area contributed by atoms with Crippen molar-refractivity contribution in [2.24, 2.45) is 4.99 Å². The van der Waals surface area contributed by atoms with Crippen LogP contribution in [0.4, 0.5) is 10.1 Å². The van der Waals surface area contributed by atoms with E-state index in [0.717, 1.165) is 5.56 Å². The normalized spacial score (nSPS) is 11.6. The number of ketones is 1. The van der Waals surface area contributed by atoms with E-state index < -0.39 is 5.82 Å². The molecule has 0 spiro atoms. The second kappa shape index (κ2) is 8.02. The molecule has 3 rings (SSSR count). The van der Waals surface area contributed by atoms with Crippen molar-refractivity contribution in [2.75, 3.05) is 0 Å². The van der Waals surface area contributed by atoms with Gasteiger partial charge < -0.3 is 4.98 Å². The highest BCUT2D eigenvalue weighted by Gasteiger charge is 2.19. The van der Waals surface area contributed by atoms with Crippen LogP contribution in [0.1, 0.15) is 17.0 Å². The number of hydrogen-bond acceptors (Lipinski definition) is 6. The summed E-state index contributed by atoms with van der Waals surface area (Å²) in [6, 6.07) is 5.87. The van der Waals surface area contributed by atoms with Crippen LogP contribution in [0.2, 0.25) is 0 Å². The number of halogens is 2. The molecule has 2 heterocycles. The lowest BCUT2D eigenvalue weighted by Crippen LogP contribution is -2.23.